The van der Waals surface area contributed by atoms with E-state index in [9.17, 15) is 5.11 Å². The fourth-order valence-corrected chi connectivity index (χ4v) is 2.65. The smallest absolute Gasteiger partial charge is 0.159 e. The van der Waals surface area contributed by atoms with Crippen LogP contribution in [0.2, 0.25) is 0 Å². The van der Waals surface area contributed by atoms with Crippen LogP contribution in [0.4, 0.5) is 5.69 Å². The fraction of sp³-hybridized carbons (Fsp3) is 0.600. The van der Waals surface area contributed by atoms with E-state index in [1.807, 2.05) is 19.1 Å². The summed E-state index contributed by atoms with van der Waals surface area (Å²) in [7, 11) is 3.18. The highest BCUT2D eigenvalue weighted by molar-refractivity contribution is 5.54. The minimum absolute atomic E-state index is 0.00944. The molecule has 1 aliphatic heterocycles. The molecule has 4 heteroatoms. The van der Waals surface area contributed by atoms with Crippen LogP contribution in [0.1, 0.15) is 25.3 Å². The molecule has 0 radical (unpaired) electrons. The molecule has 2 N–H and O–H groups in total. The Hall–Kier alpha value is -1.10. The molecular formula is C15H23NO3. The van der Waals surface area contributed by atoms with Gasteiger partial charge in [-0.3, -0.25) is 0 Å². The number of rotatable bonds is 5. The van der Waals surface area contributed by atoms with E-state index in [1.54, 1.807) is 14.2 Å². The van der Waals surface area contributed by atoms with Gasteiger partial charge in [-0.2, -0.15) is 0 Å². The molecule has 0 bridgehead atoms. The van der Waals surface area contributed by atoms with E-state index in [0.717, 1.165) is 18.5 Å². The zero-order valence-electron chi connectivity index (χ0n) is 11.8. The van der Waals surface area contributed by atoms with Crippen molar-refractivity contribution in [2.24, 2.45) is 0 Å². The number of aryl methyl sites for hydroxylation is 1. The monoisotopic (exact) mass is 265 g/mol. The third-order valence-corrected chi connectivity index (χ3v) is 3.91. The number of nitrogens with one attached hydrogen (secondary N) is 1. The highest BCUT2D eigenvalue weighted by atomic mass is 16.7. The quantitative estimate of drug-likeness (QED) is 0.801. The van der Waals surface area contributed by atoms with E-state index >= 15 is 0 Å². The second kappa shape index (κ2) is 5.90. The lowest BCUT2D eigenvalue weighted by atomic mass is 9.85. The van der Waals surface area contributed by atoms with Gasteiger partial charge in [-0.1, -0.05) is 18.2 Å². The number of fused-ring (bicyclic) bond motifs is 1. The number of aliphatic hydroxyl groups is 1. The summed E-state index contributed by atoms with van der Waals surface area (Å²) < 4.78 is 10.4. The molecule has 4 nitrogen and oxygen atoms in total. The lowest BCUT2D eigenvalue weighted by Crippen LogP contribution is -2.48. The number of hydrogen-bond donors (Lipinski definition) is 2. The van der Waals surface area contributed by atoms with Gasteiger partial charge in [-0.25, -0.2) is 0 Å². The van der Waals surface area contributed by atoms with E-state index in [-0.39, 0.29) is 12.3 Å². The van der Waals surface area contributed by atoms with Crippen molar-refractivity contribution >= 4 is 5.69 Å². The Morgan fingerprint density at radius 1 is 1.37 bits per heavy atom. The topological polar surface area (TPSA) is 50.7 Å². The molecule has 0 aliphatic carbocycles. The van der Waals surface area contributed by atoms with Crippen molar-refractivity contribution in [1.29, 1.82) is 0 Å². The summed E-state index contributed by atoms with van der Waals surface area (Å²) in [6.45, 7) is 1.84. The van der Waals surface area contributed by atoms with Crippen LogP contribution < -0.4 is 5.32 Å². The van der Waals surface area contributed by atoms with Crippen LogP contribution in [-0.2, 0) is 15.9 Å². The zero-order valence-corrected chi connectivity index (χ0v) is 11.8. The van der Waals surface area contributed by atoms with Gasteiger partial charge in [0.15, 0.2) is 6.29 Å². The molecule has 0 saturated heterocycles. The molecular weight excluding hydrogens is 242 g/mol. The summed E-state index contributed by atoms with van der Waals surface area (Å²) >= 11 is 0. The van der Waals surface area contributed by atoms with Gasteiger partial charge in [-0.15, -0.1) is 0 Å². The summed E-state index contributed by atoms with van der Waals surface area (Å²) in [5, 5.41) is 14.1. The molecule has 2 unspecified atom stereocenters. The number of anilines is 1. The van der Waals surface area contributed by atoms with Gasteiger partial charge >= 0.3 is 0 Å². The van der Waals surface area contributed by atoms with Crippen LogP contribution in [-0.4, -0.2) is 37.3 Å². The average molecular weight is 265 g/mol. The first kappa shape index (κ1) is 14.3. The van der Waals surface area contributed by atoms with Gasteiger partial charge in [-0.05, 0) is 31.4 Å². The molecule has 0 spiro atoms. The van der Waals surface area contributed by atoms with Crippen molar-refractivity contribution in [2.75, 3.05) is 19.5 Å². The Balaban J connectivity index is 2.06. The molecule has 0 amide bonds. The number of benzene rings is 1. The highest BCUT2D eigenvalue weighted by Crippen LogP contribution is 2.31. The number of para-hydroxylation sites is 1. The molecule has 0 aromatic heterocycles. The van der Waals surface area contributed by atoms with Crippen LogP contribution in [0, 0.1) is 0 Å². The Morgan fingerprint density at radius 3 is 2.74 bits per heavy atom. The summed E-state index contributed by atoms with van der Waals surface area (Å²) in [6, 6.07) is 8.25. The Kier molecular flexibility index (Phi) is 4.45. The van der Waals surface area contributed by atoms with Gasteiger partial charge in [0.05, 0.1) is 11.6 Å². The van der Waals surface area contributed by atoms with E-state index in [1.165, 1.54) is 5.56 Å². The van der Waals surface area contributed by atoms with Crippen LogP contribution >= 0.6 is 0 Å². The first-order valence-corrected chi connectivity index (χ1v) is 6.69. The molecule has 1 aliphatic rings. The third-order valence-electron chi connectivity index (χ3n) is 3.91. The van der Waals surface area contributed by atoms with Gasteiger partial charge in [0, 0.05) is 26.3 Å². The number of ether oxygens (including phenoxy) is 2. The van der Waals surface area contributed by atoms with Crippen molar-refractivity contribution in [3.8, 4) is 0 Å². The van der Waals surface area contributed by atoms with Gasteiger partial charge < -0.3 is 19.9 Å². The van der Waals surface area contributed by atoms with Crippen molar-refractivity contribution in [3.63, 3.8) is 0 Å². The normalized spacial score (nSPS) is 21.6. The molecule has 1 aromatic carbocycles. The molecule has 0 fully saturated rings. The Bertz CT molecular complexity index is 416. The maximum absolute atomic E-state index is 10.7. The highest BCUT2D eigenvalue weighted by Gasteiger charge is 2.36. The van der Waals surface area contributed by atoms with E-state index in [0.29, 0.717) is 6.42 Å². The standard InChI is InChI=1S/C15H23NO3/c1-15(17,10-14(18-2)19-3)13-9-8-11-6-4-5-7-12(11)16-13/h4-7,13-14,16-17H,8-10H2,1-3H3. The second-order valence-electron chi connectivity index (χ2n) is 5.36. The van der Waals surface area contributed by atoms with Crippen LogP contribution in [0.25, 0.3) is 0 Å². The third kappa shape index (κ3) is 3.26. The first-order chi connectivity index (χ1) is 9.06. The predicted molar refractivity (Wildman–Crippen MR) is 75.2 cm³/mol. The minimum Gasteiger partial charge on any atom is -0.388 e. The molecule has 2 rings (SSSR count). The SMILES string of the molecule is COC(CC(C)(O)C1CCc2ccccc2N1)OC. The molecule has 1 heterocycles. The molecule has 1 aromatic rings. The molecule has 19 heavy (non-hydrogen) atoms. The van der Waals surface area contributed by atoms with Crippen LogP contribution in [0.5, 0.6) is 0 Å². The molecule has 0 saturated carbocycles. The number of hydrogen-bond acceptors (Lipinski definition) is 4. The summed E-state index contributed by atoms with van der Waals surface area (Å²) in [4.78, 5) is 0. The molecule has 106 valence electrons. The Labute approximate surface area is 114 Å². The fourth-order valence-electron chi connectivity index (χ4n) is 2.65. The minimum atomic E-state index is -0.871. The summed E-state index contributed by atoms with van der Waals surface area (Å²) in [5.74, 6) is 0. The van der Waals surface area contributed by atoms with Gasteiger partial charge in [0.2, 0.25) is 0 Å². The number of methoxy groups -OCH3 is 2. The van der Waals surface area contributed by atoms with Gasteiger partial charge in [0.25, 0.3) is 0 Å². The maximum atomic E-state index is 10.7. The largest absolute Gasteiger partial charge is 0.388 e. The second-order valence-corrected chi connectivity index (χ2v) is 5.36. The van der Waals surface area contributed by atoms with Crippen LogP contribution in [0.3, 0.4) is 0 Å². The van der Waals surface area contributed by atoms with Crippen molar-refractivity contribution in [3.05, 3.63) is 29.8 Å². The summed E-state index contributed by atoms with van der Waals surface area (Å²) in [5.41, 5.74) is 1.56. The first-order valence-electron chi connectivity index (χ1n) is 6.69. The molecule has 2 atom stereocenters. The predicted octanol–water partition coefficient (Wildman–Crippen LogP) is 2.17. The van der Waals surface area contributed by atoms with Gasteiger partial charge in [0.1, 0.15) is 0 Å². The van der Waals surface area contributed by atoms with Crippen molar-refractivity contribution in [2.45, 2.75) is 44.1 Å². The lowest BCUT2D eigenvalue weighted by molar-refractivity contribution is -0.143. The van der Waals surface area contributed by atoms with E-state index < -0.39 is 5.60 Å². The van der Waals surface area contributed by atoms with Crippen molar-refractivity contribution in [1.82, 2.24) is 0 Å². The Morgan fingerprint density at radius 2 is 2.05 bits per heavy atom. The van der Waals surface area contributed by atoms with E-state index in [4.69, 9.17) is 9.47 Å². The van der Waals surface area contributed by atoms with E-state index in [2.05, 4.69) is 17.4 Å². The lowest BCUT2D eigenvalue weighted by Gasteiger charge is -2.39. The zero-order chi connectivity index (χ0) is 13.9. The average Bonchev–Trinajstić information content (AvgIpc) is 2.44. The van der Waals surface area contributed by atoms with Crippen molar-refractivity contribution < 1.29 is 14.6 Å². The maximum Gasteiger partial charge on any atom is 0.159 e. The summed E-state index contributed by atoms with van der Waals surface area (Å²) in [6.07, 6.45) is 1.95. The van der Waals surface area contributed by atoms with Crippen LogP contribution in [0.15, 0.2) is 24.3 Å².